The third-order valence-corrected chi connectivity index (χ3v) is 4.13. The van der Waals surface area contributed by atoms with Crippen LogP contribution >= 0.6 is 11.9 Å². The zero-order valence-corrected chi connectivity index (χ0v) is 14.6. The minimum Gasteiger partial charge on any atom is -0.478 e. The van der Waals surface area contributed by atoms with Crippen molar-refractivity contribution < 1.29 is 14.7 Å². The molecule has 0 saturated carbocycles. The number of rotatable bonds is 6. The molecule has 0 aliphatic heterocycles. The van der Waals surface area contributed by atoms with Crippen molar-refractivity contribution in [2.24, 2.45) is 0 Å². The van der Waals surface area contributed by atoms with Crippen LogP contribution in [0, 0.1) is 6.92 Å². The molecule has 124 valence electrons. The maximum Gasteiger partial charge on any atom is 0.336 e. The number of aromatic carboxylic acids is 1. The Balaban J connectivity index is 2.61. The second-order valence-corrected chi connectivity index (χ2v) is 6.65. The van der Waals surface area contributed by atoms with Crippen molar-refractivity contribution in [3.63, 3.8) is 0 Å². The van der Waals surface area contributed by atoms with Gasteiger partial charge in [-0.15, -0.1) is 0 Å². The van der Waals surface area contributed by atoms with E-state index in [1.807, 2.05) is 48.7 Å². The number of carbonyl (C=O) groups is 2. The highest BCUT2D eigenvalue weighted by atomic mass is 32.2. The number of hydrogen-bond donors (Lipinski definition) is 1. The number of aryl methyl sites for hydroxylation is 1. The average Bonchev–Trinajstić information content (AvgIpc) is 2.54. The molecule has 2 aromatic rings. The van der Waals surface area contributed by atoms with Crippen molar-refractivity contribution in [3.05, 3.63) is 70.6 Å². The summed E-state index contributed by atoms with van der Waals surface area (Å²) in [7, 11) is 3.73. The number of ketones is 1. The average molecular weight is 341 g/mol. The molecule has 0 unspecified atom stereocenters. The van der Waals surface area contributed by atoms with Crippen molar-refractivity contribution in [2.75, 3.05) is 14.1 Å². The maximum absolute atomic E-state index is 12.7. The van der Waals surface area contributed by atoms with Gasteiger partial charge in [-0.1, -0.05) is 54.4 Å². The van der Waals surface area contributed by atoms with Gasteiger partial charge in [-0.3, -0.25) is 9.10 Å². The van der Waals surface area contributed by atoms with E-state index in [2.05, 4.69) is 0 Å². The van der Waals surface area contributed by atoms with Gasteiger partial charge in [0, 0.05) is 5.56 Å². The summed E-state index contributed by atoms with van der Waals surface area (Å²) in [5, 5.41) is 11.2. The molecule has 0 spiro atoms. The number of carboxylic acids is 1. The first kappa shape index (κ1) is 18.0. The summed E-state index contributed by atoms with van der Waals surface area (Å²) in [5.41, 5.74) is 2.30. The molecule has 5 heteroatoms. The fraction of sp³-hybridized carbons (Fsp3) is 0.158. The number of carbonyl (C=O) groups excluding carboxylic acids is 1. The predicted octanol–water partition coefficient (Wildman–Crippen LogP) is 4.27. The SMILES string of the molecule is Cc1ccc(-c2ccccc2)c(C(=O)/C=C/SN(C)C)c1C(=O)O. The molecule has 24 heavy (non-hydrogen) atoms. The predicted molar refractivity (Wildman–Crippen MR) is 98.3 cm³/mol. The summed E-state index contributed by atoms with van der Waals surface area (Å²) in [6.07, 6.45) is 1.42. The van der Waals surface area contributed by atoms with Crippen LogP contribution in [0.2, 0.25) is 0 Å². The lowest BCUT2D eigenvalue weighted by atomic mass is 9.90. The molecule has 0 aliphatic carbocycles. The molecule has 0 saturated heterocycles. The van der Waals surface area contributed by atoms with E-state index in [0.29, 0.717) is 11.1 Å². The highest BCUT2D eigenvalue weighted by Gasteiger charge is 2.22. The van der Waals surface area contributed by atoms with Crippen molar-refractivity contribution in [1.29, 1.82) is 0 Å². The Morgan fingerprint density at radius 3 is 2.29 bits per heavy atom. The smallest absolute Gasteiger partial charge is 0.336 e. The number of nitrogens with zero attached hydrogens (tertiary/aromatic N) is 1. The first-order valence-electron chi connectivity index (χ1n) is 7.39. The molecule has 1 N–H and O–H groups in total. The molecule has 2 rings (SSSR count). The van der Waals surface area contributed by atoms with Crippen LogP contribution in [0.3, 0.4) is 0 Å². The van der Waals surface area contributed by atoms with E-state index in [9.17, 15) is 14.7 Å². The van der Waals surface area contributed by atoms with Gasteiger partial charge >= 0.3 is 5.97 Å². The Kier molecular flexibility index (Phi) is 5.95. The number of benzene rings is 2. The monoisotopic (exact) mass is 341 g/mol. The van der Waals surface area contributed by atoms with E-state index in [1.54, 1.807) is 24.5 Å². The molecule has 2 aromatic carbocycles. The van der Waals surface area contributed by atoms with Crippen LogP contribution < -0.4 is 0 Å². The summed E-state index contributed by atoms with van der Waals surface area (Å²) >= 11 is 1.36. The molecular formula is C19H19NO3S. The van der Waals surface area contributed by atoms with E-state index in [-0.39, 0.29) is 16.9 Å². The molecule has 0 fully saturated rings. The summed E-state index contributed by atoms with van der Waals surface area (Å²) < 4.78 is 1.84. The minimum absolute atomic E-state index is 0.0563. The van der Waals surface area contributed by atoms with E-state index in [4.69, 9.17) is 0 Å². The lowest BCUT2D eigenvalue weighted by Crippen LogP contribution is -2.11. The molecule has 4 nitrogen and oxygen atoms in total. The van der Waals surface area contributed by atoms with E-state index >= 15 is 0 Å². The Morgan fingerprint density at radius 2 is 1.71 bits per heavy atom. The second-order valence-electron chi connectivity index (χ2n) is 5.44. The molecule has 0 radical (unpaired) electrons. The summed E-state index contributed by atoms with van der Waals surface area (Å²) in [5.74, 6) is -1.41. The summed E-state index contributed by atoms with van der Waals surface area (Å²) in [6.45, 7) is 1.70. The van der Waals surface area contributed by atoms with E-state index < -0.39 is 5.97 Å². The molecule has 0 aromatic heterocycles. The largest absolute Gasteiger partial charge is 0.478 e. The van der Waals surface area contributed by atoms with Gasteiger partial charge in [0.15, 0.2) is 5.78 Å². The number of allylic oxidation sites excluding steroid dienone is 1. The van der Waals surface area contributed by atoms with Crippen LogP contribution in [-0.2, 0) is 0 Å². The van der Waals surface area contributed by atoms with Gasteiger partial charge in [-0.25, -0.2) is 4.79 Å². The van der Waals surface area contributed by atoms with Crippen LogP contribution in [0.25, 0.3) is 11.1 Å². The highest BCUT2D eigenvalue weighted by Crippen LogP contribution is 2.29. The Bertz CT molecular complexity index is 783. The molecule has 0 heterocycles. The summed E-state index contributed by atoms with van der Waals surface area (Å²) in [4.78, 5) is 24.4. The first-order valence-corrected chi connectivity index (χ1v) is 8.22. The molecular weight excluding hydrogens is 322 g/mol. The Morgan fingerprint density at radius 1 is 1.04 bits per heavy atom. The van der Waals surface area contributed by atoms with Crippen molar-refractivity contribution in [1.82, 2.24) is 4.31 Å². The first-order chi connectivity index (χ1) is 11.4. The van der Waals surface area contributed by atoms with Gasteiger partial charge in [-0.2, -0.15) is 0 Å². The van der Waals surface area contributed by atoms with Gasteiger partial charge < -0.3 is 5.11 Å². The minimum atomic E-state index is -1.10. The Hall–Kier alpha value is -2.37. The zero-order chi connectivity index (χ0) is 17.7. The normalized spacial score (nSPS) is 11.2. The van der Waals surface area contributed by atoms with Gasteiger partial charge in [0.05, 0.1) is 5.56 Å². The molecule has 0 bridgehead atoms. The fourth-order valence-electron chi connectivity index (χ4n) is 2.39. The second kappa shape index (κ2) is 7.95. The number of hydrogen-bond acceptors (Lipinski definition) is 4. The van der Waals surface area contributed by atoms with Crippen molar-refractivity contribution in [2.45, 2.75) is 6.92 Å². The van der Waals surface area contributed by atoms with Crippen molar-refractivity contribution in [3.8, 4) is 11.1 Å². The molecule has 0 amide bonds. The van der Waals surface area contributed by atoms with Gasteiger partial charge in [-0.05, 0) is 49.2 Å². The van der Waals surface area contributed by atoms with Crippen molar-refractivity contribution >= 4 is 23.7 Å². The van der Waals surface area contributed by atoms with Gasteiger partial charge in [0.1, 0.15) is 0 Å². The van der Waals surface area contributed by atoms with E-state index in [0.717, 1.165) is 5.56 Å². The van der Waals surface area contributed by atoms with Crippen LogP contribution in [-0.4, -0.2) is 35.3 Å². The van der Waals surface area contributed by atoms with Gasteiger partial charge in [0.25, 0.3) is 0 Å². The van der Waals surface area contributed by atoms with Crippen LogP contribution in [0.15, 0.2) is 53.9 Å². The van der Waals surface area contributed by atoms with Crippen LogP contribution in [0.5, 0.6) is 0 Å². The third-order valence-electron chi connectivity index (χ3n) is 3.45. The lowest BCUT2D eigenvalue weighted by molar-refractivity contribution is 0.0692. The standard InChI is InChI=1S/C19H19NO3S/c1-13-9-10-15(14-7-5-4-6-8-14)18(17(13)19(22)23)16(21)11-12-24-20(2)3/h4-12H,1-3H3,(H,22,23)/b12-11+. The third kappa shape index (κ3) is 4.13. The number of carboxylic acid groups (broad SMARTS) is 1. The molecule has 0 atom stereocenters. The molecule has 0 aliphatic rings. The fourth-order valence-corrected chi connectivity index (χ4v) is 2.82. The lowest BCUT2D eigenvalue weighted by Gasteiger charge is -2.13. The summed E-state index contributed by atoms with van der Waals surface area (Å²) in [6, 6.07) is 12.9. The van der Waals surface area contributed by atoms with Crippen LogP contribution in [0.4, 0.5) is 0 Å². The quantitative estimate of drug-likeness (QED) is 0.483. The zero-order valence-electron chi connectivity index (χ0n) is 13.8. The highest BCUT2D eigenvalue weighted by molar-refractivity contribution is 7.99. The Labute approximate surface area is 145 Å². The van der Waals surface area contributed by atoms with Crippen LogP contribution in [0.1, 0.15) is 26.3 Å². The maximum atomic E-state index is 12.7. The van der Waals surface area contributed by atoms with E-state index in [1.165, 1.54) is 18.0 Å². The topological polar surface area (TPSA) is 57.6 Å². The van der Waals surface area contributed by atoms with Gasteiger partial charge in [0.2, 0.25) is 0 Å².